The zero-order chi connectivity index (χ0) is 18.0. The summed E-state index contributed by atoms with van der Waals surface area (Å²) in [7, 11) is 0. The molecule has 128 valence electrons. The average Bonchev–Trinajstić information content (AvgIpc) is 2.62. The van der Waals surface area contributed by atoms with Gasteiger partial charge >= 0.3 is 0 Å². The standard InChI is InChI=1S/C20H21N3O2/c1-3-12(2)18(19(21)24)23-20(25)17-13-8-4-6-10-15(13)22-16-11-7-5-9-14(16)17/h4-12,18H,3H2,1-2H3,(H2,21,24)(H,23,25)/t12-,18-/m0/s1. The summed E-state index contributed by atoms with van der Waals surface area (Å²) in [6.07, 6.45) is 0.742. The number of hydrogen-bond acceptors (Lipinski definition) is 3. The number of pyridine rings is 1. The smallest absolute Gasteiger partial charge is 0.253 e. The number of hydrogen-bond donors (Lipinski definition) is 2. The van der Waals surface area contributed by atoms with E-state index in [4.69, 9.17) is 5.73 Å². The summed E-state index contributed by atoms with van der Waals surface area (Å²) < 4.78 is 0. The van der Waals surface area contributed by atoms with Gasteiger partial charge in [-0.15, -0.1) is 0 Å². The first-order chi connectivity index (χ1) is 12.0. The van der Waals surface area contributed by atoms with E-state index < -0.39 is 11.9 Å². The molecule has 0 aliphatic carbocycles. The predicted octanol–water partition coefficient (Wildman–Crippen LogP) is 3.02. The molecule has 2 atom stereocenters. The number of fused-ring (bicyclic) bond motifs is 2. The summed E-state index contributed by atoms with van der Waals surface area (Å²) in [5.74, 6) is -0.870. The molecule has 3 rings (SSSR count). The molecule has 1 heterocycles. The number of amides is 2. The Labute approximate surface area is 146 Å². The zero-order valence-electron chi connectivity index (χ0n) is 14.3. The van der Waals surface area contributed by atoms with Crippen molar-refractivity contribution in [2.75, 3.05) is 0 Å². The fourth-order valence-electron chi connectivity index (χ4n) is 3.03. The fourth-order valence-corrected chi connectivity index (χ4v) is 3.03. The number of nitrogens with two attached hydrogens (primary N) is 1. The number of nitrogens with zero attached hydrogens (tertiary/aromatic N) is 1. The van der Waals surface area contributed by atoms with Crippen LogP contribution in [-0.2, 0) is 4.79 Å². The molecule has 0 saturated heterocycles. The monoisotopic (exact) mass is 335 g/mol. The fraction of sp³-hybridized carbons (Fsp3) is 0.250. The third-order valence-electron chi connectivity index (χ3n) is 4.62. The Bertz CT molecular complexity index is 898. The van der Waals surface area contributed by atoms with Gasteiger partial charge in [0, 0.05) is 10.8 Å². The molecule has 5 heteroatoms. The Morgan fingerprint density at radius 2 is 1.56 bits per heavy atom. The van der Waals surface area contributed by atoms with Gasteiger partial charge in [-0.2, -0.15) is 0 Å². The molecule has 1 aromatic heterocycles. The maximum Gasteiger partial charge on any atom is 0.253 e. The second kappa shape index (κ2) is 6.89. The van der Waals surface area contributed by atoms with E-state index in [1.807, 2.05) is 62.4 Å². The van der Waals surface area contributed by atoms with Gasteiger partial charge in [0.2, 0.25) is 5.91 Å². The van der Waals surface area contributed by atoms with Crippen molar-refractivity contribution in [2.24, 2.45) is 11.7 Å². The minimum Gasteiger partial charge on any atom is -0.368 e. The number of benzene rings is 2. The molecule has 0 saturated carbocycles. The van der Waals surface area contributed by atoms with E-state index in [0.717, 1.165) is 28.2 Å². The molecule has 2 amide bonds. The summed E-state index contributed by atoms with van der Waals surface area (Å²) in [5.41, 5.74) is 7.51. The molecule has 5 nitrogen and oxygen atoms in total. The van der Waals surface area contributed by atoms with Crippen LogP contribution in [0, 0.1) is 5.92 Å². The van der Waals surface area contributed by atoms with Gasteiger partial charge in [-0.25, -0.2) is 4.98 Å². The first-order valence-corrected chi connectivity index (χ1v) is 8.40. The molecule has 2 aromatic carbocycles. The molecular formula is C20H21N3O2. The minimum absolute atomic E-state index is 0.0409. The lowest BCUT2D eigenvalue weighted by atomic mass is 9.97. The van der Waals surface area contributed by atoms with E-state index in [-0.39, 0.29) is 11.8 Å². The quantitative estimate of drug-likeness (QED) is 0.703. The Kier molecular flexibility index (Phi) is 4.65. The van der Waals surface area contributed by atoms with Crippen LogP contribution in [0.15, 0.2) is 48.5 Å². The number of rotatable bonds is 5. The highest BCUT2D eigenvalue weighted by atomic mass is 16.2. The van der Waals surface area contributed by atoms with E-state index in [1.54, 1.807) is 0 Å². The number of carbonyl (C=O) groups is 2. The molecule has 0 spiro atoms. The van der Waals surface area contributed by atoms with Crippen molar-refractivity contribution in [1.29, 1.82) is 0 Å². The first-order valence-electron chi connectivity index (χ1n) is 8.40. The van der Waals surface area contributed by atoms with Crippen LogP contribution >= 0.6 is 0 Å². The molecule has 0 aliphatic heterocycles. The predicted molar refractivity (Wildman–Crippen MR) is 99.2 cm³/mol. The van der Waals surface area contributed by atoms with Crippen LogP contribution < -0.4 is 11.1 Å². The van der Waals surface area contributed by atoms with Crippen LogP contribution in [0.4, 0.5) is 0 Å². The van der Waals surface area contributed by atoms with Crippen LogP contribution in [-0.4, -0.2) is 22.8 Å². The molecular weight excluding hydrogens is 314 g/mol. The van der Waals surface area contributed by atoms with Crippen molar-refractivity contribution in [3.8, 4) is 0 Å². The molecule has 0 radical (unpaired) electrons. The highest BCUT2D eigenvalue weighted by Crippen LogP contribution is 2.26. The third-order valence-corrected chi connectivity index (χ3v) is 4.62. The number of nitrogens with one attached hydrogen (secondary N) is 1. The van der Waals surface area contributed by atoms with Crippen molar-refractivity contribution in [2.45, 2.75) is 26.3 Å². The molecule has 3 N–H and O–H groups in total. The maximum atomic E-state index is 13.1. The van der Waals surface area contributed by atoms with Gasteiger partial charge in [-0.1, -0.05) is 56.7 Å². The van der Waals surface area contributed by atoms with Crippen LogP contribution in [0.2, 0.25) is 0 Å². The molecule has 0 unspecified atom stereocenters. The van der Waals surface area contributed by atoms with E-state index in [9.17, 15) is 9.59 Å². The summed E-state index contributed by atoms with van der Waals surface area (Å²) in [6.45, 7) is 3.86. The van der Waals surface area contributed by atoms with Gasteiger partial charge in [0.05, 0.1) is 16.6 Å². The van der Waals surface area contributed by atoms with E-state index in [0.29, 0.717) is 5.56 Å². The second-order valence-corrected chi connectivity index (χ2v) is 6.26. The van der Waals surface area contributed by atoms with Gasteiger partial charge in [0.15, 0.2) is 0 Å². The molecule has 0 fully saturated rings. The largest absolute Gasteiger partial charge is 0.368 e. The highest BCUT2D eigenvalue weighted by Gasteiger charge is 2.26. The second-order valence-electron chi connectivity index (χ2n) is 6.26. The Hall–Kier alpha value is -2.95. The highest BCUT2D eigenvalue weighted by molar-refractivity contribution is 6.16. The van der Waals surface area contributed by atoms with Crippen molar-refractivity contribution >= 4 is 33.6 Å². The van der Waals surface area contributed by atoms with E-state index >= 15 is 0 Å². The van der Waals surface area contributed by atoms with Gasteiger partial charge in [-0.3, -0.25) is 9.59 Å². The molecule has 0 bridgehead atoms. The SMILES string of the molecule is CC[C@H](C)[C@H](NC(=O)c1c2ccccc2nc2ccccc12)C(N)=O. The number of carbonyl (C=O) groups excluding carboxylic acids is 2. The maximum absolute atomic E-state index is 13.1. The summed E-state index contributed by atoms with van der Waals surface area (Å²) in [4.78, 5) is 29.5. The summed E-state index contributed by atoms with van der Waals surface area (Å²) in [5, 5.41) is 4.34. The average molecular weight is 335 g/mol. The molecule has 3 aromatic rings. The normalized spacial score (nSPS) is 13.5. The van der Waals surface area contributed by atoms with Crippen molar-refractivity contribution in [3.05, 3.63) is 54.1 Å². The van der Waals surface area contributed by atoms with Crippen LogP contribution in [0.5, 0.6) is 0 Å². The minimum atomic E-state index is -0.705. The van der Waals surface area contributed by atoms with E-state index in [1.165, 1.54) is 0 Å². The third kappa shape index (κ3) is 3.18. The van der Waals surface area contributed by atoms with Crippen molar-refractivity contribution < 1.29 is 9.59 Å². The number of aromatic nitrogens is 1. The van der Waals surface area contributed by atoms with Crippen LogP contribution in [0.25, 0.3) is 21.8 Å². The first kappa shape index (κ1) is 16.9. The van der Waals surface area contributed by atoms with Gasteiger partial charge in [0.1, 0.15) is 6.04 Å². The van der Waals surface area contributed by atoms with E-state index in [2.05, 4.69) is 10.3 Å². The van der Waals surface area contributed by atoms with Crippen LogP contribution in [0.1, 0.15) is 30.6 Å². The Morgan fingerprint density at radius 1 is 1.04 bits per heavy atom. The lowest BCUT2D eigenvalue weighted by Gasteiger charge is -2.22. The number of primary amides is 1. The topological polar surface area (TPSA) is 85.1 Å². The lowest BCUT2D eigenvalue weighted by Crippen LogP contribution is -2.48. The zero-order valence-corrected chi connectivity index (χ0v) is 14.3. The number of para-hydroxylation sites is 2. The molecule has 0 aliphatic rings. The summed E-state index contributed by atoms with van der Waals surface area (Å²) in [6, 6.07) is 14.3. The summed E-state index contributed by atoms with van der Waals surface area (Å²) >= 11 is 0. The van der Waals surface area contributed by atoms with Gasteiger partial charge < -0.3 is 11.1 Å². The van der Waals surface area contributed by atoms with Gasteiger partial charge in [0.25, 0.3) is 5.91 Å². The Morgan fingerprint density at radius 3 is 2.04 bits per heavy atom. The van der Waals surface area contributed by atoms with Gasteiger partial charge in [-0.05, 0) is 18.1 Å². The van der Waals surface area contributed by atoms with Crippen LogP contribution in [0.3, 0.4) is 0 Å². The Balaban J connectivity index is 2.15. The van der Waals surface area contributed by atoms with Crippen molar-refractivity contribution in [3.63, 3.8) is 0 Å². The lowest BCUT2D eigenvalue weighted by molar-refractivity contribution is -0.120. The van der Waals surface area contributed by atoms with Crippen molar-refractivity contribution in [1.82, 2.24) is 10.3 Å². The molecule has 25 heavy (non-hydrogen) atoms.